The topological polar surface area (TPSA) is 0 Å². The molecule has 0 radical (unpaired) electrons. The molecule has 0 atom stereocenters. The molecule has 0 aliphatic carbocycles. The molecule has 0 saturated heterocycles. The lowest BCUT2D eigenvalue weighted by Crippen LogP contribution is -1.93. The van der Waals surface area contributed by atoms with Gasteiger partial charge in [-0.1, -0.05) is 43.7 Å². The first-order valence-electron chi connectivity index (χ1n) is 6.60. The molecule has 0 amide bonds. The standard InChI is InChI=1S/C17H13F3/c1-2-3-10-4-6-12-11(8-10)5-7-13-14(12)9-15(18)17(20)16(13)19/h4-9H,2-3H2,1H3. The van der Waals surface area contributed by atoms with Crippen LogP contribution in [0.3, 0.4) is 0 Å². The summed E-state index contributed by atoms with van der Waals surface area (Å²) in [4.78, 5) is 0. The highest BCUT2D eigenvalue weighted by Gasteiger charge is 2.14. The van der Waals surface area contributed by atoms with Crippen LogP contribution in [0, 0.1) is 17.5 Å². The van der Waals surface area contributed by atoms with Crippen LogP contribution in [0.4, 0.5) is 13.2 Å². The number of hydrogen-bond acceptors (Lipinski definition) is 0. The third-order valence-electron chi connectivity index (χ3n) is 3.57. The fourth-order valence-electron chi connectivity index (χ4n) is 2.61. The van der Waals surface area contributed by atoms with Crippen LogP contribution in [0.5, 0.6) is 0 Å². The average Bonchev–Trinajstić information content (AvgIpc) is 2.45. The number of rotatable bonds is 2. The first-order valence-corrected chi connectivity index (χ1v) is 6.60. The molecule has 0 unspecified atom stereocenters. The molecule has 3 heteroatoms. The maximum Gasteiger partial charge on any atom is 0.195 e. The molecule has 0 aliphatic heterocycles. The zero-order valence-corrected chi connectivity index (χ0v) is 11.0. The smallest absolute Gasteiger partial charge is 0.195 e. The van der Waals surface area contributed by atoms with Gasteiger partial charge in [-0.15, -0.1) is 0 Å². The normalized spacial score (nSPS) is 11.4. The van der Waals surface area contributed by atoms with Crippen LogP contribution in [0.1, 0.15) is 18.9 Å². The molecular weight excluding hydrogens is 261 g/mol. The Hall–Kier alpha value is -2.03. The zero-order chi connectivity index (χ0) is 14.3. The second kappa shape index (κ2) is 4.82. The number of hydrogen-bond donors (Lipinski definition) is 0. The molecule has 0 fully saturated rings. The summed E-state index contributed by atoms with van der Waals surface area (Å²) in [7, 11) is 0. The molecule has 3 rings (SSSR count). The van der Waals surface area contributed by atoms with E-state index in [2.05, 4.69) is 6.92 Å². The highest BCUT2D eigenvalue weighted by Crippen LogP contribution is 2.30. The van der Waals surface area contributed by atoms with Crippen molar-refractivity contribution < 1.29 is 13.2 Å². The largest absolute Gasteiger partial charge is 0.204 e. The highest BCUT2D eigenvalue weighted by molar-refractivity contribution is 6.07. The van der Waals surface area contributed by atoms with Gasteiger partial charge in [0.2, 0.25) is 0 Å². The predicted molar refractivity (Wildman–Crippen MR) is 75.3 cm³/mol. The Morgan fingerprint density at radius 3 is 2.30 bits per heavy atom. The summed E-state index contributed by atoms with van der Waals surface area (Å²) in [6, 6.07) is 10.1. The molecule has 0 heterocycles. The third-order valence-corrected chi connectivity index (χ3v) is 3.57. The van der Waals surface area contributed by atoms with E-state index in [0.29, 0.717) is 5.39 Å². The lowest BCUT2D eigenvalue weighted by atomic mass is 9.98. The average molecular weight is 274 g/mol. The van der Waals surface area contributed by atoms with Crippen molar-refractivity contribution in [3.63, 3.8) is 0 Å². The molecule has 0 nitrogen and oxygen atoms in total. The molecule has 0 spiro atoms. The van der Waals surface area contributed by atoms with E-state index in [1.54, 1.807) is 6.07 Å². The minimum Gasteiger partial charge on any atom is -0.204 e. The minimum absolute atomic E-state index is 0.111. The van der Waals surface area contributed by atoms with Gasteiger partial charge in [0.15, 0.2) is 17.5 Å². The maximum absolute atomic E-state index is 13.8. The Bertz CT molecular complexity index is 806. The van der Waals surface area contributed by atoms with Crippen molar-refractivity contribution in [3.8, 4) is 0 Å². The molecule has 0 saturated carbocycles. The summed E-state index contributed by atoms with van der Waals surface area (Å²) in [6.45, 7) is 2.10. The summed E-state index contributed by atoms with van der Waals surface area (Å²) in [6.07, 6.45) is 1.99. The maximum atomic E-state index is 13.8. The van der Waals surface area contributed by atoms with E-state index in [1.807, 2.05) is 18.2 Å². The van der Waals surface area contributed by atoms with Crippen molar-refractivity contribution in [2.75, 3.05) is 0 Å². The van der Waals surface area contributed by atoms with Gasteiger partial charge >= 0.3 is 0 Å². The van der Waals surface area contributed by atoms with Crippen LogP contribution >= 0.6 is 0 Å². The quantitative estimate of drug-likeness (QED) is 0.435. The van der Waals surface area contributed by atoms with Crippen LogP contribution in [-0.4, -0.2) is 0 Å². The van der Waals surface area contributed by atoms with E-state index in [0.717, 1.165) is 29.7 Å². The van der Waals surface area contributed by atoms with E-state index in [9.17, 15) is 13.2 Å². The van der Waals surface area contributed by atoms with Crippen LogP contribution in [0.15, 0.2) is 36.4 Å². The molecule has 20 heavy (non-hydrogen) atoms. The van der Waals surface area contributed by atoms with Crippen molar-refractivity contribution in [2.45, 2.75) is 19.8 Å². The van der Waals surface area contributed by atoms with Crippen molar-refractivity contribution >= 4 is 21.5 Å². The fraction of sp³-hybridized carbons (Fsp3) is 0.176. The molecule has 3 aromatic rings. The van der Waals surface area contributed by atoms with Crippen molar-refractivity contribution in [2.24, 2.45) is 0 Å². The Balaban J connectivity index is 2.36. The Morgan fingerprint density at radius 2 is 1.55 bits per heavy atom. The number of fused-ring (bicyclic) bond motifs is 3. The molecular formula is C17H13F3. The molecule has 3 aromatic carbocycles. The number of benzene rings is 3. The van der Waals surface area contributed by atoms with Gasteiger partial charge in [-0.2, -0.15) is 0 Å². The van der Waals surface area contributed by atoms with Gasteiger partial charge in [0.1, 0.15) is 0 Å². The van der Waals surface area contributed by atoms with Crippen molar-refractivity contribution in [1.29, 1.82) is 0 Å². The van der Waals surface area contributed by atoms with E-state index in [4.69, 9.17) is 0 Å². The van der Waals surface area contributed by atoms with E-state index in [-0.39, 0.29) is 5.39 Å². The van der Waals surface area contributed by atoms with Crippen LogP contribution in [-0.2, 0) is 6.42 Å². The van der Waals surface area contributed by atoms with Crippen molar-refractivity contribution in [1.82, 2.24) is 0 Å². The number of aryl methyl sites for hydroxylation is 1. The van der Waals surface area contributed by atoms with E-state index < -0.39 is 17.5 Å². The van der Waals surface area contributed by atoms with Gasteiger partial charge in [-0.05, 0) is 34.2 Å². The van der Waals surface area contributed by atoms with E-state index in [1.165, 1.54) is 11.6 Å². The lowest BCUT2D eigenvalue weighted by Gasteiger charge is -2.08. The van der Waals surface area contributed by atoms with Gasteiger partial charge in [0.05, 0.1) is 0 Å². The lowest BCUT2D eigenvalue weighted by molar-refractivity contribution is 0.453. The van der Waals surface area contributed by atoms with Gasteiger partial charge in [-0.25, -0.2) is 13.2 Å². The Morgan fingerprint density at radius 1 is 0.800 bits per heavy atom. The van der Waals surface area contributed by atoms with Gasteiger partial charge in [0.25, 0.3) is 0 Å². The van der Waals surface area contributed by atoms with E-state index >= 15 is 0 Å². The number of halogens is 3. The highest BCUT2D eigenvalue weighted by atomic mass is 19.2. The van der Waals surface area contributed by atoms with Crippen LogP contribution in [0.25, 0.3) is 21.5 Å². The molecule has 0 aromatic heterocycles. The fourth-order valence-corrected chi connectivity index (χ4v) is 2.61. The predicted octanol–water partition coefficient (Wildman–Crippen LogP) is 5.36. The second-order valence-electron chi connectivity index (χ2n) is 4.95. The van der Waals surface area contributed by atoms with Gasteiger partial charge < -0.3 is 0 Å². The van der Waals surface area contributed by atoms with Gasteiger partial charge in [-0.3, -0.25) is 0 Å². The Labute approximate surface area is 114 Å². The summed E-state index contributed by atoms with van der Waals surface area (Å²) in [5.74, 6) is -3.70. The SMILES string of the molecule is CCCc1ccc2c(ccc3c(F)c(F)c(F)cc32)c1. The first-order chi connectivity index (χ1) is 9.61. The summed E-state index contributed by atoms with van der Waals surface area (Å²) >= 11 is 0. The molecule has 0 aliphatic rings. The van der Waals surface area contributed by atoms with Crippen LogP contribution in [0.2, 0.25) is 0 Å². The summed E-state index contributed by atoms with van der Waals surface area (Å²) in [5, 5.41) is 2.16. The van der Waals surface area contributed by atoms with Gasteiger partial charge in [0, 0.05) is 5.39 Å². The van der Waals surface area contributed by atoms with Crippen molar-refractivity contribution in [3.05, 3.63) is 59.4 Å². The minimum atomic E-state index is -1.42. The summed E-state index contributed by atoms with van der Waals surface area (Å²) < 4.78 is 40.5. The molecule has 0 bridgehead atoms. The second-order valence-corrected chi connectivity index (χ2v) is 4.95. The zero-order valence-electron chi connectivity index (χ0n) is 11.0. The first kappa shape index (κ1) is 13.0. The third kappa shape index (κ3) is 1.94. The Kier molecular flexibility index (Phi) is 3.13. The van der Waals surface area contributed by atoms with Crippen LogP contribution < -0.4 is 0 Å². The monoisotopic (exact) mass is 274 g/mol. The molecule has 0 N–H and O–H groups in total. The summed E-state index contributed by atoms with van der Waals surface area (Å²) in [5.41, 5.74) is 1.18. The molecule has 102 valence electrons.